The molecule has 2 aliphatic rings. The molecule has 1 aromatic carbocycles. The maximum absolute atomic E-state index is 11.8. The average Bonchev–Trinajstić information content (AvgIpc) is 2.72. The maximum atomic E-state index is 11.8. The van der Waals surface area contributed by atoms with Crippen molar-refractivity contribution in [2.24, 2.45) is 17.6 Å². The van der Waals surface area contributed by atoms with E-state index in [4.69, 9.17) is 22.1 Å². The predicted molar refractivity (Wildman–Crippen MR) is 87.4 cm³/mol. The summed E-state index contributed by atoms with van der Waals surface area (Å²) in [6.45, 7) is 0. The van der Waals surface area contributed by atoms with E-state index >= 15 is 0 Å². The summed E-state index contributed by atoms with van der Waals surface area (Å²) in [5, 5.41) is 1.94. The van der Waals surface area contributed by atoms with Crippen molar-refractivity contribution in [2.75, 3.05) is 0 Å². The number of aromatic nitrogens is 1. The molecule has 0 amide bonds. The van der Waals surface area contributed by atoms with Gasteiger partial charge in [-0.25, -0.2) is 0 Å². The van der Waals surface area contributed by atoms with Crippen molar-refractivity contribution in [2.45, 2.75) is 37.8 Å². The molecule has 0 saturated heterocycles. The summed E-state index contributed by atoms with van der Waals surface area (Å²) in [4.78, 5) is 14.5. The van der Waals surface area contributed by atoms with Crippen molar-refractivity contribution in [1.29, 1.82) is 0 Å². The molecule has 3 N–H and O–H groups in total. The molecule has 2 aliphatic carbocycles. The van der Waals surface area contributed by atoms with Crippen molar-refractivity contribution in [3.8, 4) is 5.75 Å². The van der Waals surface area contributed by atoms with Crippen molar-refractivity contribution in [3.05, 3.63) is 39.8 Å². The molecular formula is C17H19ClN2O2. The molecule has 2 fully saturated rings. The molecule has 1 heterocycles. The van der Waals surface area contributed by atoms with Crippen molar-refractivity contribution >= 4 is 22.4 Å². The maximum Gasteiger partial charge on any atom is 0.255 e. The molecule has 0 unspecified atom stereocenters. The number of aromatic amines is 1. The first-order valence-corrected chi connectivity index (χ1v) is 8.23. The monoisotopic (exact) mass is 318 g/mol. The Labute approximate surface area is 133 Å². The van der Waals surface area contributed by atoms with E-state index in [1.165, 1.54) is 12.8 Å². The van der Waals surface area contributed by atoms with Crippen LogP contribution in [0, 0.1) is 11.8 Å². The molecule has 0 aliphatic heterocycles. The number of benzene rings is 1. The van der Waals surface area contributed by atoms with Gasteiger partial charge in [0.2, 0.25) is 0 Å². The zero-order chi connectivity index (χ0) is 15.3. The van der Waals surface area contributed by atoms with Gasteiger partial charge in [-0.3, -0.25) is 4.79 Å². The lowest BCUT2D eigenvalue weighted by Crippen LogP contribution is -2.40. The fraction of sp³-hybridized carbons (Fsp3) is 0.471. The van der Waals surface area contributed by atoms with Gasteiger partial charge in [-0.15, -0.1) is 0 Å². The Hall–Kier alpha value is -1.52. The number of ether oxygens (including phenoxy) is 1. The van der Waals surface area contributed by atoms with Crippen LogP contribution in [0.15, 0.2) is 29.2 Å². The van der Waals surface area contributed by atoms with E-state index in [1.807, 2.05) is 12.1 Å². The van der Waals surface area contributed by atoms with E-state index in [-0.39, 0.29) is 11.7 Å². The highest BCUT2D eigenvalue weighted by molar-refractivity contribution is 6.32. The number of hydrogen-bond acceptors (Lipinski definition) is 3. The molecular weight excluding hydrogens is 300 g/mol. The first-order valence-electron chi connectivity index (χ1n) is 7.85. The molecule has 4 rings (SSSR count). The highest BCUT2D eigenvalue weighted by atomic mass is 35.5. The van der Waals surface area contributed by atoms with Gasteiger partial charge >= 0.3 is 0 Å². The quantitative estimate of drug-likeness (QED) is 0.894. The number of hydrogen-bond donors (Lipinski definition) is 2. The van der Waals surface area contributed by atoms with Crippen LogP contribution < -0.4 is 16.0 Å². The number of nitrogens with one attached hydrogen (secondary N) is 1. The molecule has 116 valence electrons. The molecule has 2 saturated carbocycles. The van der Waals surface area contributed by atoms with Crippen molar-refractivity contribution < 1.29 is 4.74 Å². The number of halogens is 1. The summed E-state index contributed by atoms with van der Waals surface area (Å²) in [5.74, 6) is 1.73. The number of rotatable bonds is 2. The standard InChI is InChI=1S/C17H19ClN2O2/c18-14-8-13-9(3-4-20-17(13)21)7-15(14)22-16-10-1-2-11(16)6-12(19)5-10/h3-4,7-8,10-12,16H,1-2,5-6,19H2,(H,20,21)/t10-,11-,12?,16?/m0/s1. The van der Waals surface area contributed by atoms with Gasteiger partial charge in [-0.05, 0) is 61.1 Å². The zero-order valence-corrected chi connectivity index (χ0v) is 13.0. The Morgan fingerprint density at radius 3 is 2.68 bits per heavy atom. The number of H-pyrrole nitrogens is 1. The molecule has 2 atom stereocenters. The number of nitrogens with two attached hydrogens (primary N) is 1. The Morgan fingerprint density at radius 2 is 1.95 bits per heavy atom. The van der Waals surface area contributed by atoms with Gasteiger partial charge in [-0.1, -0.05) is 11.6 Å². The second-order valence-corrected chi connectivity index (χ2v) is 7.00. The minimum absolute atomic E-state index is 0.130. The van der Waals surface area contributed by atoms with E-state index < -0.39 is 0 Å². The molecule has 1 aromatic heterocycles. The first-order chi connectivity index (χ1) is 10.6. The number of pyridine rings is 1. The zero-order valence-electron chi connectivity index (χ0n) is 12.2. The SMILES string of the molecule is NC1C[C@@H]2CC[C@@H](C1)C2Oc1cc2cc[nH]c(=O)c2cc1Cl. The molecule has 22 heavy (non-hydrogen) atoms. The summed E-state index contributed by atoms with van der Waals surface area (Å²) >= 11 is 6.34. The average molecular weight is 319 g/mol. The highest BCUT2D eigenvalue weighted by Crippen LogP contribution is 2.44. The molecule has 4 nitrogen and oxygen atoms in total. The summed E-state index contributed by atoms with van der Waals surface area (Å²) in [6.07, 6.45) is 6.29. The summed E-state index contributed by atoms with van der Waals surface area (Å²) < 4.78 is 6.27. The van der Waals surface area contributed by atoms with Crippen LogP contribution in [-0.2, 0) is 0 Å². The molecule has 0 spiro atoms. The van der Waals surface area contributed by atoms with Crippen LogP contribution >= 0.6 is 11.6 Å². The normalized spacial score (nSPS) is 30.6. The van der Waals surface area contributed by atoms with Gasteiger partial charge in [0.15, 0.2) is 0 Å². The molecule has 2 aromatic rings. The van der Waals surface area contributed by atoms with Gasteiger partial charge in [0.05, 0.1) is 5.02 Å². The smallest absolute Gasteiger partial charge is 0.255 e. The molecule has 2 bridgehead atoms. The van der Waals surface area contributed by atoms with E-state index in [2.05, 4.69) is 4.98 Å². The van der Waals surface area contributed by atoms with Crippen LogP contribution in [0.5, 0.6) is 5.75 Å². The largest absolute Gasteiger partial charge is 0.488 e. The summed E-state index contributed by atoms with van der Waals surface area (Å²) in [7, 11) is 0. The summed E-state index contributed by atoms with van der Waals surface area (Å²) in [5.41, 5.74) is 5.98. The van der Waals surface area contributed by atoms with Gasteiger partial charge < -0.3 is 15.5 Å². The van der Waals surface area contributed by atoms with Gasteiger partial charge in [0.1, 0.15) is 11.9 Å². The van der Waals surface area contributed by atoms with E-state index in [0.717, 1.165) is 18.2 Å². The van der Waals surface area contributed by atoms with Gasteiger partial charge in [-0.2, -0.15) is 0 Å². The third-order valence-electron chi connectivity index (χ3n) is 5.14. The minimum atomic E-state index is -0.130. The van der Waals surface area contributed by atoms with Crippen LogP contribution in [0.4, 0.5) is 0 Å². The first kappa shape index (κ1) is 14.1. The third kappa shape index (κ3) is 2.31. The highest BCUT2D eigenvalue weighted by Gasteiger charge is 2.43. The Bertz CT molecular complexity index is 759. The van der Waals surface area contributed by atoms with Gasteiger partial charge in [0, 0.05) is 17.6 Å². The van der Waals surface area contributed by atoms with Crippen molar-refractivity contribution in [1.82, 2.24) is 4.98 Å². The lowest BCUT2D eigenvalue weighted by atomic mass is 9.83. The molecule has 5 heteroatoms. The van der Waals surface area contributed by atoms with E-state index in [1.54, 1.807) is 12.3 Å². The number of fused-ring (bicyclic) bond motifs is 3. The fourth-order valence-electron chi connectivity index (χ4n) is 4.14. The van der Waals surface area contributed by atoms with Crippen LogP contribution in [0.2, 0.25) is 5.02 Å². The Morgan fingerprint density at radius 1 is 1.23 bits per heavy atom. The Kier molecular flexibility index (Phi) is 3.39. The Balaban J connectivity index is 1.67. The van der Waals surface area contributed by atoms with Crippen LogP contribution in [-0.4, -0.2) is 17.1 Å². The van der Waals surface area contributed by atoms with Crippen LogP contribution in [0.25, 0.3) is 10.8 Å². The third-order valence-corrected chi connectivity index (χ3v) is 5.43. The minimum Gasteiger partial charge on any atom is -0.488 e. The predicted octanol–water partition coefficient (Wildman–Crippen LogP) is 3.08. The lowest BCUT2D eigenvalue weighted by molar-refractivity contribution is 0.0756. The fourth-order valence-corrected chi connectivity index (χ4v) is 4.35. The second kappa shape index (κ2) is 5.28. The van der Waals surface area contributed by atoms with E-state index in [0.29, 0.717) is 34.0 Å². The van der Waals surface area contributed by atoms with Crippen LogP contribution in [0.3, 0.4) is 0 Å². The van der Waals surface area contributed by atoms with E-state index in [9.17, 15) is 4.79 Å². The summed E-state index contributed by atoms with van der Waals surface area (Å²) in [6, 6.07) is 5.75. The molecule has 0 radical (unpaired) electrons. The lowest BCUT2D eigenvalue weighted by Gasteiger charge is -2.34. The van der Waals surface area contributed by atoms with Gasteiger partial charge in [0.25, 0.3) is 5.56 Å². The van der Waals surface area contributed by atoms with Crippen molar-refractivity contribution in [3.63, 3.8) is 0 Å². The topological polar surface area (TPSA) is 68.1 Å². The van der Waals surface area contributed by atoms with Crippen LogP contribution in [0.1, 0.15) is 25.7 Å². The second-order valence-electron chi connectivity index (χ2n) is 6.59.